The predicted octanol–water partition coefficient (Wildman–Crippen LogP) is 4.86. The van der Waals surface area contributed by atoms with Gasteiger partial charge in [0, 0.05) is 31.8 Å². The van der Waals surface area contributed by atoms with Crippen LogP contribution in [-0.2, 0) is 16.0 Å². The second-order valence-electron chi connectivity index (χ2n) is 8.75. The number of fused-ring (bicyclic) bond motifs is 1. The first kappa shape index (κ1) is 22.9. The second-order valence-corrected chi connectivity index (χ2v) is 8.75. The standard InChI is InChI=1S/C24H32F2O4/c25-24(26,13-11-17-5-2-1-3-6-17)14-12-19-20-10-9-18(7-4-8-23(28)29)16-30-22(20)15-21(19)27/h1-3,5-6,12,14,18-22,27H,4,7-11,13,15-16H2,(H,28,29)/b14-12+/t18?,19?,20-,21-,22+/m1/s1. The molecule has 0 bridgehead atoms. The Morgan fingerprint density at radius 3 is 2.73 bits per heavy atom. The van der Waals surface area contributed by atoms with Crippen LogP contribution in [-0.4, -0.2) is 40.9 Å². The molecule has 1 aliphatic carbocycles. The van der Waals surface area contributed by atoms with E-state index in [9.17, 15) is 18.7 Å². The van der Waals surface area contributed by atoms with Crippen LogP contribution in [0.25, 0.3) is 0 Å². The highest BCUT2D eigenvalue weighted by Crippen LogP contribution is 2.42. The van der Waals surface area contributed by atoms with Crippen LogP contribution in [0.15, 0.2) is 42.5 Å². The number of benzene rings is 1. The lowest BCUT2D eigenvalue weighted by Crippen LogP contribution is -2.22. The molecule has 2 N–H and O–H groups in total. The molecular weight excluding hydrogens is 390 g/mol. The summed E-state index contributed by atoms with van der Waals surface area (Å²) in [4.78, 5) is 10.7. The maximum atomic E-state index is 14.4. The molecule has 6 heteroatoms. The van der Waals surface area contributed by atoms with Gasteiger partial charge in [-0.25, -0.2) is 8.78 Å². The zero-order chi connectivity index (χ0) is 21.6. The molecule has 2 unspecified atom stereocenters. The Labute approximate surface area is 176 Å². The zero-order valence-corrected chi connectivity index (χ0v) is 17.3. The number of aliphatic carboxylic acids is 1. The van der Waals surface area contributed by atoms with Crippen LogP contribution in [0, 0.1) is 17.8 Å². The number of carboxylic acid groups (broad SMARTS) is 1. The number of halogens is 2. The molecule has 1 aliphatic heterocycles. The van der Waals surface area contributed by atoms with Crippen LogP contribution >= 0.6 is 0 Å². The summed E-state index contributed by atoms with van der Waals surface area (Å²) < 4.78 is 34.8. The molecule has 30 heavy (non-hydrogen) atoms. The molecule has 0 amide bonds. The van der Waals surface area contributed by atoms with Crippen molar-refractivity contribution >= 4 is 5.97 Å². The van der Waals surface area contributed by atoms with Crippen molar-refractivity contribution in [3.8, 4) is 0 Å². The number of hydrogen-bond acceptors (Lipinski definition) is 3. The van der Waals surface area contributed by atoms with Crippen LogP contribution in [0.5, 0.6) is 0 Å². The summed E-state index contributed by atoms with van der Waals surface area (Å²) in [5, 5.41) is 19.2. The Morgan fingerprint density at radius 2 is 2.00 bits per heavy atom. The van der Waals surface area contributed by atoms with E-state index >= 15 is 0 Å². The number of rotatable bonds is 9. The second kappa shape index (κ2) is 10.5. The Hall–Kier alpha value is -1.79. The predicted molar refractivity (Wildman–Crippen MR) is 110 cm³/mol. The molecule has 0 radical (unpaired) electrons. The molecular formula is C24H32F2O4. The summed E-state index contributed by atoms with van der Waals surface area (Å²) >= 11 is 0. The van der Waals surface area contributed by atoms with Gasteiger partial charge in [-0.2, -0.15) is 0 Å². The molecule has 1 saturated carbocycles. The highest BCUT2D eigenvalue weighted by molar-refractivity contribution is 5.66. The molecule has 1 aromatic rings. The molecule has 3 rings (SSSR count). The average Bonchev–Trinajstić information content (AvgIpc) is 2.88. The number of aryl methyl sites for hydroxylation is 1. The molecule has 2 fully saturated rings. The summed E-state index contributed by atoms with van der Waals surface area (Å²) in [6, 6.07) is 9.26. The van der Waals surface area contributed by atoms with E-state index in [2.05, 4.69) is 0 Å². The maximum Gasteiger partial charge on any atom is 0.303 e. The molecule has 166 valence electrons. The van der Waals surface area contributed by atoms with E-state index in [0.29, 0.717) is 31.8 Å². The van der Waals surface area contributed by atoms with Crippen molar-refractivity contribution in [1.29, 1.82) is 0 Å². The van der Waals surface area contributed by atoms with Crippen molar-refractivity contribution in [3.63, 3.8) is 0 Å². The molecule has 2 aliphatic rings. The largest absolute Gasteiger partial charge is 0.481 e. The molecule has 1 saturated heterocycles. The zero-order valence-electron chi connectivity index (χ0n) is 17.3. The van der Waals surface area contributed by atoms with Crippen LogP contribution in [0.1, 0.15) is 50.5 Å². The van der Waals surface area contributed by atoms with Gasteiger partial charge in [0.05, 0.1) is 12.2 Å². The summed E-state index contributed by atoms with van der Waals surface area (Å²) in [6.07, 6.45) is 5.49. The van der Waals surface area contributed by atoms with E-state index in [4.69, 9.17) is 9.84 Å². The van der Waals surface area contributed by atoms with Gasteiger partial charge >= 0.3 is 5.97 Å². The van der Waals surface area contributed by atoms with Crippen molar-refractivity contribution in [1.82, 2.24) is 0 Å². The summed E-state index contributed by atoms with van der Waals surface area (Å²) in [6.45, 7) is 0.553. The smallest absolute Gasteiger partial charge is 0.303 e. The van der Waals surface area contributed by atoms with Crippen molar-refractivity contribution in [2.24, 2.45) is 17.8 Å². The maximum absolute atomic E-state index is 14.4. The van der Waals surface area contributed by atoms with Crippen LogP contribution < -0.4 is 0 Å². The molecule has 1 aromatic carbocycles. The quantitative estimate of drug-likeness (QED) is 0.558. The first-order chi connectivity index (χ1) is 14.3. The fourth-order valence-corrected chi connectivity index (χ4v) is 4.78. The lowest BCUT2D eigenvalue weighted by Gasteiger charge is -2.21. The molecule has 4 nitrogen and oxygen atoms in total. The third-order valence-electron chi connectivity index (χ3n) is 6.50. The van der Waals surface area contributed by atoms with Gasteiger partial charge in [-0.3, -0.25) is 4.79 Å². The van der Waals surface area contributed by atoms with E-state index in [1.807, 2.05) is 30.3 Å². The fraction of sp³-hybridized carbons (Fsp3) is 0.625. The number of allylic oxidation sites excluding steroid dienone is 1. The third kappa shape index (κ3) is 6.61. The normalized spacial score (nSPS) is 29.6. The van der Waals surface area contributed by atoms with Gasteiger partial charge < -0.3 is 14.9 Å². The molecule has 1 heterocycles. The van der Waals surface area contributed by atoms with Gasteiger partial charge in [0.25, 0.3) is 5.92 Å². The summed E-state index contributed by atoms with van der Waals surface area (Å²) in [5.41, 5.74) is 0.887. The monoisotopic (exact) mass is 422 g/mol. The van der Waals surface area contributed by atoms with Crippen molar-refractivity contribution in [2.45, 2.75) is 69.5 Å². The number of alkyl halides is 2. The van der Waals surface area contributed by atoms with Crippen LogP contribution in [0.4, 0.5) is 8.78 Å². The minimum absolute atomic E-state index is 0.0330. The van der Waals surface area contributed by atoms with Gasteiger partial charge in [0.2, 0.25) is 0 Å². The van der Waals surface area contributed by atoms with Gasteiger partial charge in [-0.15, -0.1) is 0 Å². The Kier molecular flexibility index (Phi) is 8.00. The van der Waals surface area contributed by atoms with Crippen molar-refractivity contribution in [2.75, 3.05) is 6.61 Å². The number of carbonyl (C=O) groups is 1. The van der Waals surface area contributed by atoms with Gasteiger partial charge in [0.15, 0.2) is 0 Å². The van der Waals surface area contributed by atoms with E-state index < -0.39 is 18.0 Å². The van der Waals surface area contributed by atoms with E-state index in [1.54, 1.807) is 0 Å². The van der Waals surface area contributed by atoms with Crippen molar-refractivity contribution in [3.05, 3.63) is 48.0 Å². The van der Waals surface area contributed by atoms with E-state index in [1.165, 1.54) is 6.08 Å². The van der Waals surface area contributed by atoms with E-state index in [-0.39, 0.29) is 30.8 Å². The minimum atomic E-state index is -2.92. The lowest BCUT2D eigenvalue weighted by molar-refractivity contribution is -0.137. The topological polar surface area (TPSA) is 66.8 Å². The number of aliphatic hydroxyl groups excluding tert-OH is 1. The summed E-state index contributed by atoms with van der Waals surface area (Å²) in [5.74, 6) is -3.70. The van der Waals surface area contributed by atoms with Gasteiger partial charge in [-0.05, 0) is 55.6 Å². The SMILES string of the molecule is O=C(O)CCCC1CC[C@@H]2C(/C=C/C(F)(F)CCc3ccccc3)[C@H](O)C[C@@H]2OC1. The van der Waals surface area contributed by atoms with Crippen LogP contribution in [0.2, 0.25) is 0 Å². The number of aliphatic hydroxyl groups is 1. The van der Waals surface area contributed by atoms with Crippen LogP contribution in [0.3, 0.4) is 0 Å². The fourth-order valence-electron chi connectivity index (χ4n) is 4.78. The number of hydrogen-bond donors (Lipinski definition) is 2. The Balaban J connectivity index is 1.54. The Bertz CT molecular complexity index is 706. The lowest BCUT2D eigenvalue weighted by atomic mass is 9.86. The third-order valence-corrected chi connectivity index (χ3v) is 6.50. The Morgan fingerprint density at radius 1 is 1.23 bits per heavy atom. The highest BCUT2D eigenvalue weighted by atomic mass is 19.3. The van der Waals surface area contributed by atoms with Gasteiger partial charge in [-0.1, -0.05) is 36.4 Å². The van der Waals surface area contributed by atoms with Crippen molar-refractivity contribution < 1.29 is 28.5 Å². The first-order valence-electron chi connectivity index (χ1n) is 11.0. The molecule has 5 atom stereocenters. The number of carboxylic acids is 1. The molecule has 0 aromatic heterocycles. The van der Waals surface area contributed by atoms with Gasteiger partial charge in [0.1, 0.15) is 0 Å². The molecule has 0 spiro atoms. The average molecular weight is 423 g/mol. The minimum Gasteiger partial charge on any atom is -0.481 e. The summed E-state index contributed by atoms with van der Waals surface area (Å²) in [7, 11) is 0. The first-order valence-corrected chi connectivity index (χ1v) is 11.0. The highest BCUT2D eigenvalue weighted by Gasteiger charge is 2.43. The van der Waals surface area contributed by atoms with E-state index in [0.717, 1.165) is 30.9 Å². The number of ether oxygens (including phenoxy) is 1.